The van der Waals surface area contributed by atoms with Gasteiger partial charge in [0.1, 0.15) is 23.8 Å². The highest BCUT2D eigenvalue weighted by atomic mass is 32.2. The lowest BCUT2D eigenvalue weighted by Gasteiger charge is -2.22. The number of nitrogen functional groups attached to an aromatic ring is 1. The summed E-state index contributed by atoms with van der Waals surface area (Å²) in [5.41, 5.74) is 8.01. The van der Waals surface area contributed by atoms with Gasteiger partial charge in [0.15, 0.2) is 29.1 Å². The first-order valence-electron chi connectivity index (χ1n) is 13.9. The van der Waals surface area contributed by atoms with Gasteiger partial charge in [0, 0.05) is 6.42 Å². The summed E-state index contributed by atoms with van der Waals surface area (Å²) < 4.78 is 71.7. The van der Waals surface area contributed by atoms with Crippen LogP contribution in [0.3, 0.4) is 0 Å². The van der Waals surface area contributed by atoms with Crippen LogP contribution in [0.1, 0.15) is 17.4 Å². The fourth-order valence-electron chi connectivity index (χ4n) is 5.20. The third-order valence-corrected chi connectivity index (χ3v) is 12.4. The van der Waals surface area contributed by atoms with Crippen LogP contribution in [0.2, 0.25) is 0 Å². The fourth-order valence-corrected chi connectivity index (χ4v) is 9.71. The molecular formula is C26H30N5O12P3S. The van der Waals surface area contributed by atoms with E-state index in [1.54, 1.807) is 29.0 Å². The Morgan fingerprint density at radius 2 is 1.55 bits per heavy atom. The van der Waals surface area contributed by atoms with Crippen LogP contribution >= 0.6 is 35.0 Å². The Bertz CT molecular complexity index is 1870. The molecule has 21 heteroatoms. The van der Waals surface area contributed by atoms with Gasteiger partial charge in [0.05, 0.1) is 19.1 Å². The Labute approximate surface area is 272 Å². The SMILES string of the molecule is CSc1nc(N)c2ncn([C@@H]3O[C@H](COP(=O)(O)OP(=O)(O)OP(=O)(O)Cc4ccccc4)[C@@H]4OC(Cc5ccccc5)O[C@@H]43)c2n1. The summed E-state index contributed by atoms with van der Waals surface area (Å²) in [5, 5.41) is 0.391. The first kappa shape index (κ1) is 34.3. The second-order valence-electron chi connectivity index (χ2n) is 10.5. The van der Waals surface area contributed by atoms with E-state index in [4.69, 9.17) is 24.5 Å². The average molecular weight is 730 g/mol. The number of benzene rings is 2. The van der Waals surface area contributed by atoms with Gasteiger partial charge in [-0.15, -0.1) is 0 Å². The number of rotatable bonds is 13. The van der Waals surface area contributed by atoms with Crippen LogP contribution in [-0.4, -0.2) is 71.7 Å². The van der Waals surface area contributed by atoms with Crippen molar-refractivity contribution in [1.29, 1.82) is 0 Å². The molecule has 47 heavy (non-hydrogen) atoms. The molecule has 0 radical (unpaired) electrons. The largest absolute Gasteiger partial charge is 0.488 e. The predicted octanol–water partition coefficient (Wildman–Crippen LogP) is 4.02. The number of hydrogen-bond acceptors (Lipinski definition) is 14. The number of anilines is 1. The van der Waals surface area contributed by atoms with Crippen molar-refractivity contribution in [3.63, 3.8) is 0 Å². The van der Waals surface area contributed by atoms with Crippen LogP contribution in [-0.2, 0) is 53.6 Å². The number of fused-ring (bicyclic) bond motifs is 2. The molecule has 5 N–H and O–H groups in total. The summed E-state index contributed by atoms with van der Waals surface area (Å²) >= 11 is 1.27. The van der Waals surface area contributed by atoms with Crippen LogP contribution < -0.4 is 5.73 Å². The zero-order valence-corrected chi connectivity index (χ0v) is 28.0. The molecule has 2 aromatic heterocycles. The van der Waals surface area contributed by atoms with Crippen molar-refractivity contribution in [2.75, 3.05) is 18.6 Å². The molecule has 4 aromatic rings. The first-order valence-corrected chi connectivity index (χ1v) is 19.9. The highest BCUT2D eigenvalue weighted by molar-refractivity contribution is 7.98. The molecule has 0 amide bonds. The van der Waals surface area contributed by atoms with E-state index >= 15 is 0 Å². The number of phosphoric acid groups is 2. The van der Waals surface area contributed by atoms with Crippen molar-refractivity contribution >= 4 is 52.0 Å². The van der Waals surface area contributed by atoms with Gasteiger partial charge in [0.25, 0.3) is 0 Å². The van der Waals surface area contributed by atoms with E-state index in [0.29, 0.717) is 28.3 Å². The van der Waals surface area contributed by atoms with Crippen LogP contribution in [0.15, 0.2) is 72.1 Å². The van der Waals surface area contributed by atoms with E-state index < -0.39 is 66.8 Å². The number of imidazole rings is 1. The third-order valence-electron chi connectivity index (χ3n) is 7.10. The minimum atomic E-state index is -5.58. The molecule has 4 heterocycles. The smallest absolute Gasteiger partial charge is 0.382 e. The van der Waals surface area contributed by atoms with Gasteiger partial charge in [-0.3, -0.25) is 13.7 Å². The zero-order chi connectivity index (χ0) is 33.4. The van der Waals surface area contributed by atoms with Crippen molar-refractivity contribution < 1.29 is 55.7 Å². The quantitative estimate of drug-likeness (QED) is 0.0863. The summed E-state index contributed by atoms with van der Waals surface area (Å²) in [6.07, 6.45) is -1.42. The summed E-state index contributed by atoms with van der Waals surface area (Å²) in [5.74, 6) is 0.156. The maximum Gasteiger partial charge on any atom is 0.488 e. The van der Waals surface area contributed by atoms with Crippen molar-refractivity contribution in [2.45, 2.75) is 48.6 Å². The molecule has 2 aliphatic heterocycles. The van der Waals surface area contributed by atoms with E-state index in [0.717, 1.165) is 5.56 Å². The maximum absolute atomic E-state index is 12.8. The summed E-state index contributed by atoms with van der Waals surface area (Å²) in [6.45, 7) is -0.687. The summed E-state index contributed by atoms with van der Waals surface area (Å²) in [4.78, 5) is 43.5. The molecule has 0 saturated carbocycles. The van der Waals surface area contributed by atoms with E-state index in [1.807, 2.05) is 30.3 Å². The molecule has 2 saturated heterocycles. The molecule has 0 spiro atoms. The van der Waals surface area contributed by atoms with Crippen molar-refractivity contribution in [2.24, 2.45) is 0 Å². The standard InChI is InChI=1S/C26H30N5O12P3S/c1-47-26-29-23(27)20-24(30-26)31(15-28-20)25-22-21(40-19(41-22)12-16-8-4-2-5-9-16)18(39-25)13-38-45(34,35)43-46(36,37)42-44(32,33)14-17-10-6-3-7-11-17/h2-11,15,18-19,21-22,25H,12-14H2,1H3,(H,32,33)(H,34,35)(H,36,37)(H2,27,29,30)/t18-,19?,21+,22+,25-/m1/s1. The highest BCUT2D eigenvalue weighted by Crippen LogP contribution is 2.68. The Morgan fingerprint density at radius 1 is 0.894 bits per heavy atom. The monoisotopic (exact) mass is 729 g/mol. The molecule has 4 unspecified atom stereocenters. The van der Waals surface area contributed by atoms with Crippen LogP contribution in [0.4, 0.5) is 5.82 Å². The second-order valence-corrected chi connectivity index (χ2v) is 16.3. The van der Waals surface area contributed by atoms with Gasteiger partial charge in [-0.2, -0.15) is 4.31 Å². The number of phosphoric ester groups is 1. The third kappa shape index (κ3) is 8.20. The molecule has 252 valence electrons. The van der Waals surface area contributed by atoms with Gasteiger partial charge < -0.3 is 34.6 Å². The van der Waals surface area contributed by atoms with Crippen molar-refractivity contribution in [3.05, 3.63) is 78.1 Å². The Morgan fingerprint density at radius 3 is 2.23 bits per heavy atom. The lowest BCUT2D eigenvalue weighted by molar-refractivity contribution is -0.149. The molecule has 0 aliphatic carbocycles. The maximum atomic E-state index is 12.8. The van der Waals surface area contributed by atoms with Crippen molar-refractivity contribution in [1.82, 2.24) is 19.5 Å². The highest BCUT2D eigenvalue weighted by Gasteiger charge is 2.54. The minimum absolute atomic E-state index is 0.156. The van der Waals surface area contributed by atoms with Gasteiger partial charge in [-0.1, -0.05) is 72.4 Å². The van der Waals surface area contributed by atoms with Gasteiger partial charge in [-0.05, 0) is 17.4 Å². The molecule has 8 atom stereocenters. The van der Waals surface area contributed by atoms with Gasteiger partial charge in [-0.25, -0.2) is 28.4 Å². The average Bonchev–Trinajstić information content (AvgIpc) is 3.69. The predicted molar refractivity (Wildman–Crippen MR) is 167 cm³/mol. The summed E-state index contributed by atoms with van der Waals surface area (Å²) in [7, 11) is -15.8. The molecule has 6 rings (SSSR count). The molecule has 2 aromatic carbocycles. The Balaban J connectivity index is 1.18. The Kier molecular flexibility index (Phi) is 10.1. The number of hydrogen-bond donors (Lipinski definition) is 4. The summed E-state index contributed by atoms with van der Waals surface area (Å²) in [6, 6.07) is 17.3. The lowest BCUT2D eigenvalue weighted by atomic mass is 10.1. The molecule has 0 bridgehead atoms. The van der Waals surface area contributed by atoms with Crippen LogP contribution in [0.25, 0.3) is 11.2 Å². The number of aromatic nitrogens is 4. The van der Waals surface area contributed by atoms with Crippen LogP contribution in [0, 0.1) is 0 Å². The second kappa shape index (κ2) is 13.8. The topological polar surface area (TPSA) is 237 Å². The van der Waals surface area contributed by atoms with Gasteiger partial charge in [0.2, 0.25) is 0 Å². The van der Waals surface area contributed by atoms with Gasteiger partial charge >= 0.3 is 23.2 Å². The van der Waals surface area contributed by atoms with Crippen LogP contribution in [0.5, 0.6) is 0 Å². The molecular weight excluding hydrogens is 699 g/mol. The number of thioether (sulfide) groups is 1. The Hall–Kier alpha value is -2.53. The van der Waals surface area contributed by atoms with E-state index in [9.17, 15) is 28.4 Å². The van der Waals surface area contributed by atoms with E-state index in [1.165, 1.54) is 30.2 Å². The van der Waals surface area contributed by atoms with E-state index in [-0.39, 0.29) is 5.82 Å². The normalized spacial score (nSPS) is 26.4. The molecule has 2 aliphatic rings. The minimum Gasteiger partial charge on any atom is -0.382 e. The zero-order valence-electron chi connectivity index (χ0n) is 24.5. The molecule has 17 nitrogen and oxygen atoms in total. The van der Waals surface area contributed by atoms with Crippen molar-refractivity contribution in [3.8, 4) is 0 Å². The number of nitrogens with two attached hydrogens (primary N) is 1. The molecule has 2 fully saturated rings. The number of ether oxygens (including phenoxy) is 3. The number of nitrogens with zero attached hydrogens (tertiary/aromatic N) is 4. The van der Waals surface area contributed by atoms with E-state index in [2.05, 4.69) is 23.6 Å². The fraction of sp³-hybridized carbons (Fsp3) is 0.346. The lowest BCUT2D eigenvalue weighted by Crippen LogP contribution is -2.31. The first-order chi connectivity index (χ1) is 22.3.